The fraction of sp³-hybridized carbons (Fsp3) is 0.571. The Morgan fingerprint density at radius 1 is 1.30 bits per heavy atom. The highest BCUT2D eigenvalue weighted by molar-refractivity contribution is 7.89. The molecule has 0 aliphatic carbocycles. The molecule has 0 atom stereocenters. The number of aryl methyl sites for hydroxylation is 2. The van der Waals surface area contributed by atoms with Gasteiger partial charge in [0.15, 0.2) is 0 Å². The van der Waals surface area contributed by atoms with Gasteiger partial charge in [-0.1, -0.05) is 6.07 Å². The summed E-state index contributed by atoms with van der Waals surface area (Å²) in [6.07, 6.45) is 2.32. The van der Waals surface area contributed by atoms with Crippen molar-refractivity contribution in [2.24, 2.45) is 0 Å². The van der Waals surface area contributed by atoms with Gasteiger partial charge in [-0.25, -0.2) is 17.5 Å². The normalized spacial score (nSPS) is 18.5. The Morgan fingerprint density at radius 2 is 2.07 bits per heavy atom. The number of hydrogen-bond donors (Lipinski definition) is 1. The molecule has 1 aromatic heterocycles. The lowest BCUT2D eigenvalue weighted by Crippen LogP contribution is -2.44. The van der Waals surface area contributed by atoms with Crippen LogP contribution in [-0.4, -0.2) is 48.8 Å². The topological polar surface area (TPSA) is 76.5 Å². The number of aromatic nitrogens is 2. The first kappa shape index (κ1) is 21.4. The van der Waals surface area contributed by atoms with Crippen LogP contribution in [0.1, 0.15) is 42.3 Å². The van der Waals surface area contributed by atoms with Crippen molar-refractivity contribution < 1.29 is 17.5 Å². The number of ether oxygens (including phenoxy) is 1. The minimum atomic E-state index is -3.73. The second-order valence-electron chi connectivity index (χ2n) is 8.07. The molecule has 0 spiro atoms. The lowest BCUT2D eigenvalue weighted by molar-refractivity contribution is 0.107. The highest BCUT2D eigenvalue weighted by atomic mass is 32.2. The summed E-state index contributed by atoms with van der Waals surface area (Å²) in [6.45, 7) is 8.25. The molecule has 1 fully saturated rings. The van der Waals surface area contributed by atoms with Crippen molar-refractivity contribution in [3.63, 3.8) is 0 Å². The Bertz CT molecular complexity index is 1010. The molecule has 9 heteroatoms. The maximum atomic E-state index is 13.8. The van der Waals surface area contributed by atoms with Crippen LogP contribution in [0.3, 0.4) is 0 Å². The number of sulfonamides is 1. The third kappa shape index (κ3) is 4.44. The Kier molecular flexibility index (Phi) is 6.24. The van der Waals surface area contributed by atoms with Crippen molar-refractivity contribution in [1.82, 2.24) is 19.4 Å². The molecular weight excluding hydrogens is 407 g/mol. The van der Waals surface area contributed by atoms with E-state index < -0.39 is 15.8 Å². The molecule has 7 nitrogen and oxygen atoms in total. The molecule has 3 heterocycles. The number of rotatable bonds is 6. The van der Waals surface area contributed by atoms with Gasteiger partial charge in [-0.3, -0.25) is 9.58 Å². The van der Waals surface area contributed by atoms with E-state index in [1.807, 2.05) is 0 Å². The number of hydrogen-bond acceptors (Lipinski definition) is 5. The molecule has 0 unspecified atom stereocenters. The summed E-state index contributed by atoms with van der Waals surface area (Å²) in [6, 6.07) is 3.88. The predicted molar refractivity (Wildman–Crippen MR) is 111 cm³/mol. The predicted octanol–water partition coefficient (Wildman–Crippen LogP) is 2.37. The minimum Gasteiger partial charge on any atom is -0.376 e. The second kappa shape index (κ2) is 8.74. The average Bonchev–Trinajstić information content (AvgIpc) is 3.09. The van der Waals surface area contributed by atoms with E-state index in [1.54, 1.807) is 6.92 Å². The summed E-state index contributed by atoms with van der Waals surface area (Å²) < 4.78 is 49.5. The highest BCUT2D eigenvalue weighted by Gasteiger charge is 2.27. The van der Waals surface area contributed by atoms with Crippen LogP contribution in [-0.2, 0) is 40.9 Å². The number of benzene rings is 1. The average molecular weight is 437 g/mol. The highest BCUT2D eigenvalue weighted by Crippen LogP contribution is 2.24. The van der Waals surface area contributed by atoms with Crippen LogP contribution >= 0.6 is 0 Å². The van der Waals surface area contributed by atoms with E-state index in [-0.39, 0.29) is 10.9 Å². The molecule has 2 aliphatic heterocycles. The van der Waals surface area contributed by atoms with Crippen molar-refractivity contribution in [2.45, 2.75) is 63.7 Å². The van der Waals surface area contributed by atoms with Crippen molar-refractivity contribution in [1.29, 1.82) is 0 Å². The number of nitrogens with zero attached hydrogens (tertiary/aromatic N) is 3. The Hall–Kier alpha value is -1.81. The first-order chi connectivity index (χ1) is 14.4. The standard InChI is InChI=1S/C21H29FN4O3S/c1-3-26-21-8-11-29-14-18(21)20(23-26)13-25-9-6-16(7-10-25)24-30(27,28)17-5-4-15(2)19(22)12-17/h4-5,12,16,24H,3,6-11,13-14H2,1-2H3. The number of piperidine rings is 1. The molecule has 0 saturated carbocycles. The molecule has 4 rings (SSSR count). The maximum absolute atomic E-state index is 13.8. The first-order valence-corrected chi connectivity index (χ1v) is 12.0. The van der Waals surface area contributed by atoms with Crippen molar-refractivity contribution in [3.8, 4) is 0 Å². The zero-order chi connectivity index (χ0) is 21.3. The smallest absolute Gasteiger partial charge is 0.240 e. The van der Waals surface area contributed by atoms with E-state index in [9.17, 15) is 12.8 Å². The van der Waals surface area contributed by atoms with E-state index >= 15 is 0 Å². The minimum absolute atomic E-state index is 0.0234. The third-order valence-electron chi connectivity index (χ3n) is 6.02. The molecule has 164 valence electrons. The lowest BCUT2D eigenvalue weighted by atomic mass is 10.0. The number of likely N-dealkylation sites (tertiary alicyclic amines) is 1. The van der Waals surface area contributed by atoms with Gasteiger partial charge < -0.3 is 4.74 Å². The number of fused-ring (bicyclic) bond motifs is 1. The summed E-state index contributed by atoms with van der Waals surface area (Å²) in [5, 5.41) is 4.79. The SMILES string of the molecule is CCn1nc(CN2CCC(NS(=O)(=O)c3ccc(C)c(F)c3)CC2)c2c1CCOC2. The van der Waals surface area contributed by atoms with Crippen LogP contribution in [0.25, 0.3) is 0 Å². The van der Waals surface area contributed by atoms with Gasteiger partial charge in [-0.05, 0) is 44.4 Å². The van der Waals surface area contributed by atoms with Crippen LogP contribution in [0.4, 0.5) is 4.39 Å². The van der Waals surface area contributed by atoms with Crippen molar-refractivity contribution in [2.75, 3.05) is 19.7 Å². The molecular formula is C21H29FN4O3S. The van der Waals surface area contributed by atoms with Gasteiger partial charge in [0.1, 0.15) is 5.82 Å². The van der Waals surface area contributed by atoms with E-state index in [2.05, 4.69) is 21.2 Å². The largest absolute Gasteiger partial charge is 0.376 e. The fourth-order valence-corrected chi connectivity index (χ4v) is 5.53. The molecule has 1 aromatic carbocycles. The number of nitrogens with one attached hydrogen (secondary N) is 1. The van der Waals surface area contributed by atoms with E-state index in [0.717, 1.165) is 51.0 Å². The van der Waals surface area contributed by atoms with Gasteiger partial charge in [0.25, 0.3) is 0 Å². The molecule has 0 amide bonds. The van der Waals surface area contributed by atoms with Gasteiger partial charge in [0, 0.05) is 49.9 Å². The molecule has 0 bridgehead atoms. The first-order valence-electron chi connectivity index (χ1n) is 10.5. The second-order valence-corrected chi connectivity index (χ2v) is 9.79. The van der Waals surface area contributed by atoms with Crippen LogP contribution in [0.5, 0.6) is 0 Å². The van der Waals surface area contributed by atoms with Gasteiger partial charge in [-0.15, -0.1) is 0 Å². The van der Waals surface area contributed by atoms with Crippen LogP contribution < -0.4 is 4.72 Å². The monoisotopic (exact) mass is 436 g/mol. The van der Waals surface area contributed by atoms with Crippen LogP contribution in [0.15, 0.2) is 23.1 Å². The van der Waals surface area contributed by atoms with Crippen molar-refractivity contribution in [3.05, 3.63) is 46.5 Å². The summed E-state index contributed by atoms with van der Waals surface area (Å²) >= 11 is 0. The van der Waals surface area contributed by atoms with E-state index in [4.69, 9.17) is 9.84 Å². The van der Waals surface area contributed by atoms with Gasteiger partial charge in [0.2, 0.25) is 10.0 Å². The Labute approximate surface area is 177 Å². The van der Waals surface area contributed by atoms with Crippen LogP contribution in [0, 0.1) is 12.7 Å². The molecule has 2 aliphatic rings. The Morgan fingerprint density at radius 3 is 2.77 bits per heavy atom. The quantitative estimate of drug-likeness (QED) is 0.752. The molecule has 2 aromatic rings. The maximum Gasteiger partial charge on any atom is 0.240 e. The summed E-state index contributed by atoms with van der Waals surface area (Å²) in [7, 11) is -3.73. The molecule has 1 N–H and O–H groups in total. The molecule has 30 heavy (non-hydrogen) atoms. The fourth-order valence-electron chi connectivity index (χ4n) is 4.22. The van der Waals surface area contributed by atoms with E-state index in [1.165, 1.54) is 23.4 Å². The zero-order valence-electron chi connectivity index (χ0n) is 17.5. The Balaban J connectivity index is 1.36. The third-order valence-corrected chi connectivity index (χ3v) is 7.53. The summed E-state index contributed by atoms with van der Waals surface area (Å²) in [5.41, 5.74) is 4.00. The van der Waals surface area contributed by atoms with Crippen molar-refractivity contribution >= 4 is 10.0 Å². The van der Waals surface area contributed by atoms with Crippen LogP contribution in [0.2, 0.25) is 0 Å². The molecule has 1 saturated heterocycles. The zero-order valence-corrected chi connectivity index (χ0v) is 18.3. The lowest BCUT2D eigenvalue weighted by Gasteiger charge is -2.32. The van der Waals surface area contributed by atoms with Gasteiger partial charge in [-0.2, -0.15) is 5.10 Å². The summed E-state index contributed by atoms with van der Waals surface area (Å²) in [5.74, 6) is -0.508. The summed E-state index contributed by atoms with van der Waals surface area (Å²) in [4.78, 5) is 2.29. The van der Waals surface area contributed by atoms with Gasteiger partial charge in [0.05, 0.1) is 23.8 Å². The molecule has 0 radical (unpaired) electrons. The van der Waals surface area contributed by atoms with Gasteiger partial charge >= 0.3 is 0 Å². The van der Waals surface area contributed by atoms with E-state index in [0.29, 0.717) is 25.0 Å². The number of halogens is 1.